The molecule has 0 spiro atoms. The number of alkyl halides is 3. The summed E-state index contributed by atoms with van der Waals surface area (Å²) in [7, 11) is 0. The molecular weight excluding hydrogens is 397 g/mol. The molecule has 2 aromatic carbocycles. The van der Waals surface area contributed by atoms with Gasteiger partial charge >= 0.3 is 12.2 Å². The Kier molecular flexibility index (Phi) is 5.64. The van der Waals surface area contributed by atoms with Gasteiger partial charge in [-0.05, 0) is 18.2 Å². The number of primary amides is 1. The lowest BCUT2D eigenvalue weighted by Gasteiger charge is -2.46. The summed E-state index contributed by atoms with van der Waals surface area (Å²) in [5.74, 6) is 0. The first-order chi connectivity index (χ1) is 14.1. The third kappa shape index (κ3) is 4.51. The highest BCUT2D eigenvalue weighted by Crippen LogP contribution is 2.41. The molecule has 2 aromatic rings. The molecular formula is C21H17F3N4O2. The standard InChI is InChI=1S/C21H17F3N4O2/c22-21(23,24)18-10-19(15-7-4-8-17(9-15)27-20(26)29)28(30,13-16(18)11-25)12-14-5-2-1-3-6-14/h1-10H,12-13H2,(H3,26,27,29). The molecule has 0 saturated heterocycles. The third-order valence-electron chi connectivity index (χ3n) is 4.61. The number of hydrogen-bond donors (Lipinski definition) is 2. The van der Waals surface area contributed by atoms with E-state index in [1.165, 1.54) is 30.3 Å². The van der Waals surface area contributed by atoms with Crippen LogP contribution >= 0.6 is 0 Å². The molecule has 1 unspecified atom stereocenters. The lowest BCUT2D eigenvalue weighted by Crippen LogP contribution is -2.44. The Morgan fingerprint density at radius 3 is 2.50 bits per heavy atom. The van der Waals surface area contributed by atoms with E-state index < -0.39 is 34.5 Å². The number of nitrogens with one attached hydrogen (secondary N) is 1. The Bertz CT molecular complexity index is 1070. The molecule has 2 amide bonds. The minimum Gasteiger partial charge on any atom is -0.627 e. The molecule has 3 N–H and O–H groups in total. The lowest BCUT2D eigenvalue weighted by atomic mass is 9.96. The van der Waals surface area contributed by atoms with Gasteiger partial charge in [-0.3, -0.25) is 0 Å². The van der Waals surface area contributed by atoms with E-state index in [1.807, 2.05) is 0 Å². The number of nitrogens with two attached hydrogens (primary N) is 1. The molecule has 0 bridgehead atoms. The van der Waals surface area contributed by atoms with E-state index in [9.17, 15) is 28.4 Å². The van der Waals surface area contributed by atoms with Gasteiger partial charge in [0.2, 0.25) is 0 Å². The van der Waals surface area contributed by atoms with Crippen molar-refractivity contribution < 1.29 is 22.6 Å². The average molecular weight is 414 g/mol. The number of carbonyl (C=O) groups is 1. The van der Waals surface area contributed by atoms with E-state index >= 15 is 0 Å². The van der Waals surface area contributed by atoms with Crippen molar-refractivity contribution in [1.29, 1.82) is 5.26 Å². The van der Waals surface area contributed by atoms with Gasteiger partial charge in [-0.15, -0.1) is 0 Å². The van der Waals surface area contributed by atoms with E-state index in [-0.39, 0.29) is 23.5 Å². The topological polar surface area (TPSA) is 102 Å². The molecule has 0 radical (unpaired) electrons. The second-order valence-corrected chi connectivity index (χ2v) is 6.79. The van der Waals surface area contributed by atoms with Crippen LogP contribution in [-0.4, -0.2) is 23.4 Å². The third-order valence-corrected chi connectivity index (χ3v) is 4.61. The van der Waals surface area contributed by atoms with Crippen LogP contribution in [0.5, 0.6) is 0 Å². The number of hydrogen-bond acceptors (Lipinski definition) is 3. The molecule has 0 saturated carbocycles. The van der Waals surface area contributed by atoms with Gasteiger partial charge in [-0.2, -0.15) is 18.4 Å². The summed E-state index contributed by atoms with van der Waals surface area (Å²) in [5.41, 5.74) is 4.19. The molecule has 154 valence electrons. The van der Waals surface area contributed by atoms with Crippen LogP contribution in [0.25, 0.3) is 5.70 Å². The molecule has 9 heteroatoms. The van der Waals surface area contributed by atoms with E-state index in [4.69, 9.17) is 5.73 Å². The highest BCUT2D eigenvalue weighted by Gasteiger charge is 2.42. The van der Waals surface area contributed by atoms with Crippen molar-refractivity contribution in [2.75, 3.05) is 11.9 Å². The zero-order valence-corrected chi connectivity index (χ0v) is 15.6. The number of nitrogens with zero attached hydrogens (tertiary/aromatic N) is 2. The van der Waals surface area contributed by atoms with Crippen molar-refractivity contribution in [3.05, 3.63) is 88.2 Å². The van der Waals surface area contributed by atoms with Gasteiger partial charge in [-0.1, -0.05) is 36.4 Å². The van der Waals surface area contributed by atoms with Gasteiger partial charge in [0.15, 0.2) is 0 Å². The van der Waals surface area contributed by atoms with Crippen molar-refractivity contribution in [2.45, 2.75) is 12.7 Å². The summed E-state index contributed by atoms with van der Waals surface area (Å²) < 4.78 is 39.5. The summed E-state index contributed by atoms with van der Waals surface area (Å²) >= 11 is 0. The number of quaternary nitrogens is 1. The highest BCUT2D eigenvalue weighted by atomic mass is 19.4. The molecule has 0 fully saturated rings. The second-order valence-electron chi connectivity index (χ2n) is 6.79. The lowest BCUT2D eigenvalue weighted by molar-refractivity contribution is -0.818. The quantitative estimate of drug-likeness (QED) is 0.572. The smallest absolute Gasteiger partial charge is 0.417 e. The highest BCUT2D eigenvalue weighted by molar-refractivity contribution is 5.88. The molecule has 0 aliphatic carbocycles. The maximum atomic E-state index is 13.8. The van der Waals surface area contributed by atoms with Crippen LogP contribution in [0.2, 0.25) is 0 Å². The van der Waals surface area contributed by atoms with Crippen molar-refractivity contribution in [2.24, 2.45) is 5.73 Å². The number of rotatable bonds is 4. The Balaban J connectivity index is 2.16. The van der Waals surface area contributed by atoms with E-state index in [1.54, 1.807) is 30.3 Å². The average Bonchev–Trinajstić information content (AvgIpc) is 2.67. The largest absolute Gasteiger partial charge is 0.627 e. The van der Waals surface area contributed by atoms with Crippen molar-refractivity contribution in [3.8, 4) is 6.07 Å². The molecule has 1 aliphatic heterocycles. The SMILES string of the molecule is N#CC1=C(C(F)(F)F)C=C(c2cccc(NC(N)=O)c2)[N+]([O-])(Cc2ccccc2)C1. The van der Waals surface area contributed by atoms with Crippen LogP contribution in [0.4, 0.5) is 23.7 Å². The Morgan fingerprint density at radius 1 is 1.20 bits per heavy atom. The van der Waals surface area contributed by atoms with Gasteiger partial charge in [0.05, 0.1) is 11.1 Å². The number of benzene rings is 2. The number of hydroxylamine groups is 3. The summed E-state index contributed by atoms with van der Waals surface area (Å²) in [4.78, 5) is 11.1. The maximum absolute atomic E-state index is 13.8. The Morgan fingerprint density at radius 2 is 1.90 bits per heavy atom. The fourth-order valence-corrected chi connectivity index (χ4v) is 3.35. The van der Waals surface area contributed by atoms with Crippen molar-refractivity contribution in [3.63, 3.8) is 0 Å². The summed E-state index contributed by atoms with van der Waals surface area (Å²) in [6, 6.07) is 15.1. The fraction of sp³-hybridized carbons (Fsp3) is 0.143. The predicted molar refractivity (Wildman–Crippen MR) is 105 cm³/mol. The van der Waals surface area contributed by atoms with Gasteiger partial charge in [0.25, 0.3) is 0 Å². The zero-order chi connectivity index (χ0) is 21.9. The van der Waals surface area contributed by atoms with E-state index in [2.05, 4.69) is 5.32 Å². The number of anilines is 1. The van der Waals surface area contributed by atoms with Crippen LogP contribution < -0.4 is 11.1 Å². The van der Waals surface area contributed by atoms with E-state index in [0.717, 1.165) is 6.08 Å². The van der Waals surface area contributed by atoms with Gasteiger partial charge in [0.1, 0.15) is 24.9 Å². The zero-order valence-electron chi connectivity index (χ0n) is 15.6. The molecule has 30 heavy (non-hydrogen) atoms. The van der Waals surface area contributed by atoms with Gasteiger partial charge < -0.3 is 20.9 Å². The van der Waals surface area contributed by atoms with Crippen LogP contribution in [0.3, 0.4) is 0 Å². The van der Waals surface area contributed by atoms with Crippen LogP contribution in [0.15, 0.2) is 71.8 Å². The predicted octanol–water partition coefficient (Wildman–Crippen LogP) is 4.43. The molecule has 3 rings (SSSR count). The minimum atomic E-state index is -4.79. The molecule has 1 aliphatic rings. The van der Waals surface area contributed by atoms with Gasteiger partial charge in [-0.25, -0.2) is 4.79 Å². The monoisotopic (exact) mass is 414 g/mol. The van der Waals surface area contributed by atoms with Crippen LogP contribution in [-0.2, 0) is 6.54 Å². The van der Waals surface area contributed by atoms with Crippen LogP contribution in [0, 0.1) is 16.5 Å². The van der Waals surface area contributed by atoms with E-state index in [0.29, 0.717) is 5.56 Å². The first-order valence-electron chi connectivity index (χ1n) is 8.84. The Labute approximate surface area is 170 Å². The normalized spacial score (nSPS) is 19.1. The summed E-state index contributed by atoms with van der Waals surface area (Å²) in [6.45, 7) is -0.837. The van der Waals surface area contributed by atoms with Crippen LogP contribution in [0.1, 0.15) is 11.1 Å². The molecule has 0 aromatic heterocycles. The number of amides is 2. The van der Waals surface area contributed by atoms with Crippen molar-refractivity contribution in [1.82, 2.24) is 0 Å². The first-order valence-corrected chi connectivity index (χ1v) is 8.84. The number of allylic oxidation sites excluding steroid dienone is 2. The summed E-state index contributed by atoms with van der Waals surface area (Å²) in [6.07, 6.45) is -4.07. The number of urea groups is 1. The van der Waals surface area contributed by atoms with Crippen molar-refractivity contribution >= 4 is 17.4 Å². The first kappa shape index (κ1) is 21.1. The molecule has 1 heterocycles. The number of nitriles is 1. The maximum Gasteiger partial charge on any atom is 0.417 e. The van der Waals surface area contributed by atoms with Gasteiger partial charge in [0, 0.05) is 22.9 Å². The Hall–Kier alpha value is -3.61. The summed E-state index contributed by atoms with van der Waals surface area (Å²) in [5, 5.41) is 25.4. The second kappa shape index (κ2) is 8.02. The number of carbonyl (C=O) groups excluding carboxylic acids is 1. The minimum absolute atomic E-state index is 0.168. The molecule has 6 nitrogen and oxygen atoms in total. The number of halogens is 3. The fourth-order valence-electron chi connectivity index (χ4n) is 3.35. The molecule has 1 atom stereocenters.